The maximum Gasteiger partial charge on any atom is 0.262 e. The van der Waals surface area contributed by atoms with Crippen LogP contribution in [0.5, 0.6) is 0 Å². The molecule has 118 valence electrons. The van der Waals surface area contributed by atoms with Crippen LogP contribution in [-0.2, 0) is 10.0 Å². The molecule has 2 aromatic carbocycles. The lowest BCUT2D eigenvalue weighted by atomic mass is 10.2. The van der Waals surface area contributed by atoms with E-state index in [1.54, 1.807) is 43.3 Å². The predicted molar refractivity (Wildman–Crippen MR) is 85.9 cm³/mol. The molecule has 1 aromatic heterocycles. The molecule has 0 bridgehead atoms. The van der Waals surface area contributed by atoms with Gasteiger partial charge in [-0.15, -0.1) is 5.10 Å². The summed E-state index contributed by atoms with van der Waals surface area (Å²) >= 11 is 0. The highest BCUT2D eigenvalue weighted by Crippen LogP contribution is 2.24. The van der Waals surface area contributed by atoms with E-state index in [-0.39, 0.29) is 4.90 Å². The fourth-order valence-electron chi connectivity index (χ4n) is 2.23. The number of rotatable bonds is 4. The van der Waals surface area contributed by atoms with Crippen LogP contribution in [0.25, 0.3) is 5.69 Å². The molecular formula is C15H15N5O2S. The summed E-state index contributed by atoms with van der Waals surface area (Å²) in [6, 6.07) is 12.2. The van der Waals surface area contributed by atoms with Crippen molar-refractivity contribution in [2.75, 3.05) is 4.72 Å². The largest absolute Gasteiger partial charge is 0.277 e. The van der Waals surface area contributed by atoms with Crippen molar-refractivity contribution in [3.05, 3.63) is 59.9 Å². The number of anilines is 1. The van der Waals surface area contributed by atoms with Crippen molar-refractivity contribution >= 4 is 15.7 Å². The Morgan fingerprint density at radius 3 is 2.61 bits per heavy atom. The number of nitrogens with one attached hydrogen (secondary N) is 1. The van der Waals surface area contributed by atoms with Gasteiger partial charge in [-0.25, -0.2) is 8.42 Å². The lowest BCUT2D eigenvalue weighted by Crippen LogP contribution is -2.16. The second-order valence-electron chi connectivity index (χ2n) is 5.15. The van der Waals surface area contributed by atoms with E-state index in [2.05, 4.69) is 20.2 Å². The van der Waals surface area contributed by atoms with E-state index >= 15 is 0 Å². The van der Waals surface area contributed by atoms with Crippen molar-refractivity contribution in [3.8, 4) is 5.69 Å². The van der Waals surface area contributed by atoms with E-state index in [1.165, 1.54) is 11.0 Å². The maximum atomic E-state index is 12.7. The van der Waals surface area contributed by atoms with E-state index in [9.17, 15) is 8.42 Å². The Balaban J connectivity index is 2.04. The molecule has 0 saturated heterocycles. The number of hydrogen-bond donors (Lipinski definition) is 1. The summed E-state index contributed by atoms with van der Waals surface area (Å²) in [5.74, 6) is 0. The molecule has 0 atom stereocenters. The molecule has 3 rings (SSSR count). The molecule has 0 aliphatic rings. The van der Waals surface area contributed by atoms with Crippen LogP contribution in [0, 0.1) is 13.8 Å². The minimum Gasteiger partial charge on any atom is -0.277 e. The summed E-state index contributed by atoms with van der Waals surface area (Å²) in [7, 11) is -3.71. The van der Waals surface area contributed by atoms with E-state index in [0.717, 1.165) is 5.56 Å². The van der Waals surface area contributed by atoms with E-state index in [0.29, 0.717) is 16.9 Å². The normalized spacial score (nSPS) is 11.4. The predicted octanol–water partition coefficient (Wildman–Crippen LogP) is 2.08. The van der Waals surface area contributed by atoms with Crippen molar-refractivity contribution < 1.29 is 8.42 Å². The van der Waals surface area contributed by atoms with Gasteiger partial charge in [-0.2, -0.15) is 4.68 Å². The van der Waals surface area contributed by atoms with Gasteiger partial charge in [0.2, 0.25) is 0 Å². The summed E-state index contributed by atoms with van der Waals surface area (Å²) in [5.41, 5.74) is 2.51. The topological polar surface area (TPSA) is 89.8 Å². The van der Waals surface area contributed by atoms with E-state index in [1.807, 2.05) is 13.0 Å². The third-order valence-electron chi connectivity index (χ3n) is 3.38. The number of aryl methyl sites for hydroxylation is 2. The van der Waals surface area contributed by atoms with Crippen LogP contribution in [0.4, 0.5) is 5.69 Å². The highest BCUT2D eigenvalue weighted by molar-refractivity contribution is 7.92. The summed E-state index contributed by atoms with van der Waals surface area (Å²) in [6.45, 7) is 3.62. The number of aromatic nitrogens is 4. The number of para-hydroxylation sites is 2. The van der Waals surface area contributed by atoms with Crippen molar-refractivity contribution in [1.29, 1.82) is 0 Å². The number of sulfonamides is 1. The third-order valence-corrected chi connectivity index (χ3v) is 4.88. The summed E-state index contributed by atoms with van der Waals surface area (Å²) < 4.78 is 29.5. The fourth-order valence-corrected chi connectivity index (χ4v) is 3.63. The molecule has 0 unspecified atom stereocenters. The lowest BCUT2D eigenvalue weighted by Gasteiger charge is -2.13. The monoisotopic (exact) mass is 329 g/mol. The van der Waals surface area contributed by atoms with Gasteiger partial charge in [-0.05, 0) is 53.6 Å². The van der Waals surface area contributed by atoms with Crippen LogP contribution < -0.4 is 4.72 Å². The molecule has 8 heteroatoms. The third kappa shape index (κ3) is 3.07. The molecule has 0 amide bonds. The van der Waals surface area contributed by atoms with Crippen LogP contribution >= 0.6 is 0 Å². The van der Waals surface area contributed by atoms with Crippen LogP contribution in [0.2, 0.25) is 0 Å². The molecule has 0 spiro atoms. The van der Waals surface area contributed by atoms with Gasteiger partial charge in [0, 0.05) is 0 Å². The zero-order chi connectivity index (χ0) is 16.4. The molecule has 0 fully saturated rings. The van der Waals surface area contributed by atoms with Gasteiger partial charge in [0.05, 0.1) is 16.3 Å². The molecule has 0 aliphatic heterocycles. The van der Waals surface area contributed by atoms with Crippen molar-refractivity contribution in [2.45, 2.75) is 18.7 Å². The number of benzene rings is 2. The van der Waals surface area contributed by atoms with Gasteiger partial charge >= 0.3 is 0 Å². The Labute approximate surface area is 134 Å². The first-order valence-electron chi connectivity index (χ1n) is 6.90. The summed E-state index contributed by atoms with van der Waals surface area (Å²) in [4.78, 5) is 0.254. The van der Waals surface area contributed by atoms with Gasteiger partial charge in [-0.1, -0.05) is 24.3 Å². The first kappa shape index (κ1) is 15.2. The second-order valence-corrected chi connectivity index (χ2v) is 6.80. The SMILES string of the molecule is Cc1ccc(C)c(S(=O)(=O)Nc2ccccc2-n2cnnn2)c1. The number of tetrazole rings is 1. The molecule has 0 aliphatic carbocycles. The maximum absolute atomic E-state index is 12.7. The first-order chi connectivity index (χ1) is 11.0. The number of nitrogens with zero attached hydrogens (tertiary/aromatic N) is 4. The zero-order valence-electron chi connectivity index (χ0n) is 12.6. The summed E-state index contributed by atoms with van der Waals surface area (Å²) in [5, 5.41) is 11.0. The van der Waals surface area contributed by atoms with Gasteiger partial charge in [0.15, 0.2) is 0 Å². The Kier molecular flexibility index (Phi) is 3.83. The van der Waals surface area contributed by atoms with Crippen molar-refractivity contribution in [3.63, 3.8) is 0 Å². The summed E-state index contributed by atoms with van der Waals surface area (Å²) in [6.07, 6.45) is 1.41. The second kappa shape index (κ2) is 5.81. The van der Waals surface area contributed by atoms with E-state index in [4.69, 9.17) is 0 Å². The van der Waals surface area contributed by atoms with Crippen molar-refractivity contribution in [2.24, 2.45) is 0 Å². The molecule has 1 N–H and O–H groups in total. The lowest BCUT2D eigenvalue weighted by molar-refractivity contribution is 0.600. The van der Waals surface area contributed by atoms with Gasteiger partial charge < -0.3 is 0 Å². The Morgan fingerprint density at radius 1 is 1.09 bits per heavy atom. The smallest absolute Gasteiger partial charge is 0.262 e. The average Bonchev–Trinajstić information content (AvgIpc) is 3.04. The standard InChI is InChI=1S/C15H15N5O2S/c1-11-7-8-12(2)15(9-11)23(21,22)17-13-5-3-4-6-14(13)20-10-16-18-19-20/h3-10,17H,1-2H3. The van der Waals surface area contributed by atoms with Crippen LogP contribution in [0.15, 0.2) is 53.7 Å². The Hall–Kier alpha value is -2.74. The fraction of sp³-hybridized carbons (Fsp3) is 0.133. The number of hydrogen-bond acceptors (Lipinski definition) is 5. The molecule has 7 nitrogen and oxygen atoms in total. The van der Waals surface area contributed by atoms with Gasteiger partial charge in [-0.3, -0.25) is 4.72 Å². The Bertz CT molecular complexity index is 936. The highest BCUT2D eigenvalue weighted by Gasteiger charge is 2.19. The quantitative estimate of drug-likeness (QED) is 0.791. The molecule has 3 aromatic rings. The van der Waals surface area contributed by atoms with Crippen LogP contribution in [0.3, 0.4) is 0 Å². The molecular weight excluding hydrogens is 314 g/mol. The highest BCUT2D eigenvalue weighted by atomic mass is 32.2. The molecule has 0 saturated carbocycles. The average molecular weight is 329 g/mol. The molecule has 1 heterocycles. The Morgan fingerprint density at radius 2 is 1.87 bits per heavy atom. The first-order valence-corrected chi connectivity index (χ1v) is 8.38. The molecule has 23 heavy (non-hydrogen) atoms. The van der Waals surface area contributed by atoms with Crippen LogP contribution in [-0.4, -0.2) is 28.6 Å². The van der Waals surface area contributed by atoms with Crippen molar-refractivity contribution in [1.82, 2.24) is 20.2 Å². The zero-order valence-corrected chi connectivity index (χ0v) is 13.4. The van der Waals surface area contributed by atoms with Crippen LogP contribution in [0.1, 0.15) is 11.1 Å². The van der Waals surface area contributed by atoms with E-state index < -0.39 is 10.0 Å². The minimum absolute atomic E-state index is 0.254. The molecule has 0 radical (unpaired) electrons. The minimum atomic E-state index is -3.71. The van der Waals surface area contributed by atoms with Gasteiger partial charge in [0.1, 0.15) is 6.33 Å². The van der Waals surface area contributed by atoms with Gasteiger partial charge in [0.25, 0.3) is 10.0 Å².